The monoisotopic (exact) mass is 315 g/mol. The fourth-order valence-corrected chi connectivity index (χ4v) is 2.24. The molecular weight excluding hydrogens is 294 g/mol. The van der Waals surface area contributed by atoms with E-state index in [1.54, 1.807) is 12.1 Å². The van der Waals surface area contributed by atoms with Gasteiger partial charge < -0.3 is 9.64 Å². The minimum atomic E-state index is -0.398. The van der Waals surface area contributed by atoms with Crippen LogP contribution in [0.5, 0.6) is 5.75 Å². The summed E-state index contributed by atoms with van der Waals surface area (Å²) in [5.74, 6) is 0.365. The summed E-state index contributed by atoms with van der Waals surface area (Å²) in [7, 11) is 2.12. The number of halogens is 1. The molecule has 1 aromatic carbocycles. The molecule has 0 radical (unpaired) electrons. The molecule has 0 aliphatic carbocycles. The van der Waals surface area contributed by atoms with Crippen LogP contribution in [0.15, 0.2) is 18.2 Å². The van der Waals surface area contributed by atoms with Crippen LogP contribution in [0, 0.1) is 17.0 Å². The Morgan fingerprint density at radius 3 is 2.57 bits per heavy atom. The number of nitro benzene ring substituents is 1. The van der Waals surface area contributed by atoms with Crippen LogP contribution in [0.3, 0.4) is 0 Å². The molecule has 0 amide bonds. The Labute approximate surface area is 131 Å². The summed E-state index contributed by atoms with van der Waals surface area (Å²) in [6, 6.07) is 4.95. The molecule has 1 saturated heterocycles. The lowest BCUT2D eigenvalue weighted by Crippen LogP contribution is -2.45. The highest BCUT2D eigenvalue weighted by molar-refractivity contribution is 5.85. The lowest BCUT2D eigenvalue weighted by molar-refractivity contribution is -0.385. The Hall–Kier alpha value is -1.37. The third kappa shape index (κ3) is 5.15. The van der Waals surface area contributed by atoms with Gasteiger partial charge >= 0.3 is 5.69 Å². The van der Waals surface area contributed by atoms with Crippen LogP contribution >= 0.6 is 12.4 Å². The fraction of sp³-hybridized carbons (Fsp3) is 0.571. The number of aryl methyl sites for hydroxylation is 1. The summed E-state index contributed by atoms with van der Waals surface area (Å²) in [6.07, 6.45) is 0. The summed E-state index contributed by atoms with van der Waals surface area (Å²) in [5, 5.41) is 10.9. The highest BCUT2D eigenvalue weighted by Gasteiger charge is 2.16. The first-order valence-electron chi connectivity index (χ1n) is 6.85. The summed E-state index contributed by atoms with van der Waals surface area (Å²) in [5.41, 5.74) is 0.999. The molecule has 1 aliphatic heterocycles. The zero-order valence-electron chi connectivity index (χ0n) is 12.4. The molecule has 0 atom stereocenters. The van der Waals surface area contributed by atoms with Crippen molar-refractivity contribution in [2.24, 2.45) is 0 Å². The van der Waals surface area contributed by atoms with Crippen LogP contribution in [0.1, 0.15) is 5.56 Å². The molecule has 0 saturated carbocycles. The van der Waals surface area contributed by atoms with Crippen molar-refractivity contribution >= 4 is 18.1 Å². The van der Waals surface area contributed by atoms with E-state index < -0.39 is 4.92 Å². The smallest absolute Gasteiger partial charge is 0.310 e. The maximum Gasteiger partial charge on any atom is 0.310 e. The Kier molecular flexibility index (Phi) is 6.87. The Bertz CT molecular complexity index is 477. The van der Waals surface area contributed by atoms with Crippen LogP contribution in [-0.4, -0.2) is 61.1 Å². The third-order valence-corrected chi connectivity index (χ3v) is 3.57. The summed E-state index contributed by atoms with van der Waals surface area (Å²) in [6.45, 7) is 7.35. The maximum atomic E-state index is 10.9. The predicted molar refractivity (Wildman–Crippen MR) is 84.5 cm³/mol. The molecule has 2 rings (SSSR count). The second kappa shape index (κ2) is 8.17. The number of rotatable bonds is 5. The second-order valence-electron chi connectivity index (χ2n) is 5.22. The van der Waals surface area contributed by atoms with Gasteiger partial charge in [0.25, 0.3) is 0 Å². The second-order valence-corrected chi connectivity index (χ2v) is 5.22. The lowest BCUT2D eigenvalue weighted by Gasteiger charge is -2.32. The van der Waals surface area contributed by atoms with Crippen LogP contribution in [0.25, 0.3) is 0 Å². The molecule has 0 aromatic heterocycles. The van der Waals surface area contributed by atoms with Gasteiger partial charge in [-0.3, -0.25) is 15.0 Å². The molecule has 118 valence electrons. The Morgan fingerprint density at radius 1 is 1.29 bits per heavy atom. The van der Waals surface area contributed by atoms with Crippen molar-refractivity contribution in [2.45, 2.75) is 6.92 Å². The van der Waals surface area contributed by atoms with E-state index in [9.17, 15) is 10.1 Å². The van der Waals surface area contributed by atoms with E-state index in [2.05, 4.69) is 16.8 Å². The molecule has 21 heavy (non-hydrogen) atoms. The molecule has 6 nitrogen and oxygen atoms in total. The Morgan fingerprint density at radius 2 is 1.95 bits per heavy atom. The zero-order valence-corrected chi connectivity index (χ0v) is 13.3. The topological polar surface area (TPSA) is 58.9 Å². The number of hydrogen-bond acceptors (Lipinski definition) is 5. The van der Waals surface area contributed by atoms with E-state index in [-0.39, 0.29) is 18.1 Å². The average Bonchev–Trinajstić information content (AvgIpc) is 2.41. The summed E-state index contributed by atoms with van der Waals surface area (Å²) in [4.78, 5) is 15.2. The normalized spacial score (nSPS) is 16.3. The fourth-order valence-electron chi connectivity index (χ4n) is 2.24. The van der Waals surface area contributed by atoms with Crippen LogP contribution in [0.2, 0.25) is 0 Å². The van der Waals surface area contributed by atoms with Gasteiger partial charge in [-0.05, 0) is 25.6 Å². The standard InChI is InChI=1S/C14H21N3O3.ClH/c1-12-3-4-13(17(18)19)14(11-12)20-10-9-16-7-5-15(2)6-8-16;/h3-4,11H,5-10H2,1-2H3;1H. The number of nitrogens with zero attached hydrogens (tertiary/aromatic N) is 3. The molecule has 1 fully saturated rings. The van der Waals surface area contributed by atoms with E-state index in [1.165, 1.54) is 6.07 Å². The molecule has 1 aliphatic rings. The van der Waals surface area contributed by atoms with Gasteiger partial charge in [-0.2, -0.15) is 0 Å². The number of ether oxygens (including phenoxy) is 1. The number of hydrogen-bond donors (Lipinski definition) is 0. The zero-order chi connectivity index (χ0) is 14.5. The average molecular weight is 316 g/mol. The first-order chi connectivity index (χ1) is 9.56. The molecule has 0 unspecified atom stereocenters. The van der Waals surface area contributed by atoms with Gasteiger partial charge in [-0.15, -0.1) is 12.4 Å². The van der Waals surface area contributed by atoms with Crippen LogP contribution in [0.4, 0.5) is 5.69 Å². The highest BCUT2D eigenvalue weighted by Crippen LogP contribution is 2.27. The lowest BCUT2D eigenvalue weighted by atomic mass is 10.2. The van der Waals surface area contributed by atoms with E-state index in [0.717, 1.165) is 38.3 Å². The van der Waals surface area contributed by atoms with Gasteiger partial charge in [0, 0.05) is 38.8 Å². The molecule has 7 heteroatoms. The number of piperazine rings is 1. The van der Waals surface area contributed by atoms with Crippen LogP contribution in [-0.2, 0) is 0 Å². The first kappa shape index (κ1) is 17.7. The highest BCUT2D eigenvalue weighted by atomic mass is 35.5. The largest absolute Gasteiger partial charge is 0.485 e. The van der Waals surface area contributed by atoms with Gasteiger partial charge in [-0.25, -0.2) is 0 Å². The molecule has 0 N–H and O–H groups in total. The molecular formula is C14H22ClN3O3. The van der Waals surface area contributed by atoms with Crippen LogP contribution < -0.4 is 4.74 Å². The maximum absolute atomic E-state index is 10.9. The van der Waals surface area contributed by atoms with Gasteiger partial charge in [0.15, 0.2) is 5.75 Å². The van der Waals surface area contributed by atoms with Crippen molar-refractivity contribution in [3.05, 3.63) is 33.9 Å². The van der Waals surface area contributed by atoms with E-state index in [4.69, 9.17) is 4.74 Å². The number of benzene rings is 1. The van der Waals surface area contributed by atoms with E-state index in [1.807, 2.05) is 6.92 Å². The van der Waals surface area contributed by atoms with Crippen molar-refractivity contribution in [1.29, 1.82) is 0 Å². The predicted octanol–water partition coefficient (Wildman–Crippen LogP) is 1.95. The number of nitro groups is 1. The summed E-state index contributed by atoms with van der Waals surface area (Å²) >= 11 is 0. The van der Waals surface area contributed by atoms with Gasteiger partial charge in [-0.1, -0.05) is 6.07 Å². The molecule has 0 spiro atoms. The van der Waals surface area contributed by atoms with Gasteiger partial charge in [0.1, 0.15) is 6.61 Å². The summed E-state index contributed by atoms with van der Waals surface area (Å²) < 4.78 is 5.61. The molecule has 0 bridgehead atoms. The van der Waals surface area contributed by atoms with E-state index in [0.29, 0.717) is 12.4 Å². The molecule has 1 aromatic rings. The number of likely N-dealkylation sites (N-methyl/N-ethyl adjacent to an activating group) is 1. The van der Waals surface area contributed by atoms with Crippen molar-refractivity contribution < 1.29 is 9.66 Å². The van der Waals surface area contributed by atoms with Gasteiger partial charge in [0.2, 0.25) is 0 Å². The Balaban J connectivity index is 0.00000220. The molecule has 1 heterocycles. The third-order valence-electron chi connectivity index (χ3n) is 3.57. The van der Waals surface area contributed by atoms with Gasteiger partial charge in [0.05, 0.1) is 4.92 Å². The van der Waals surface area contributed by atoms with Crippen molar-refractivity contribution in [3.8, 4) is 5.75 Å². The minimum absolute atomic E-state index is 0. The van der Waals surface area contributed by atoms with Crippen molar-refractivity contribution in [3.63, 3.8) is 0 Å². The van der Waals surface area contributed by atoms with Crippen molar-refractivity contribution in [1.82, 2.24) is 9.80 Å². The minimum Gasteiger partial charge on any atom is -0.485 e. The quantitative estimate of drug-likeness (QED) is 0.614. The van der Waals surface area contributed by atoms with E-state index >= 15 is 0 Å². The SMILES string of the molecule is Cc1ccc([N+](=O)[O-])c(OCCN2CCN(C)CC2)c1.Cl. The first-order valence-corrected chi connectivity index (χ1v) is 6.85. The van der Waals surface area contributed by atoms with Crippen molar-refractivity contribution in [2.75, 3.05) is 46.4 Å².